The van der Waals surface area contributed by atoms with Crippen LogP contribution in [-0.4, -0.2) is 251 Å². The number of rotatable bonds is 40. The zero-order chi connectivity index (χ0) is 86.7. The van der Waals surface area contributed by atoms with Crippen LogP contribution in [-0.2, 0) is 180 Å². The first-order valence-electron chi connectivity index (χ1n) is 39.5. The van der Waals surface area contributed by atoms with E-state index in [1.165, 1.54) is 13.0 Å². The lowest BCUT2D eigenvalue weighted by atomic mass is 9.93. The summed E-state index contributed by atoms with van der Waals surface area (Å²) in [7, 11) is 0. The van der Waals surface area contributed by atoms with E-state index in [1.807, 2.05) is 121 Å². The van der Waals surface area contributed by atoms with Gasteiger partial charge in [-0.15, -0.1) is 18.2 Å². The van der Waals surface area contributed by atoms with Gasteiger partial charge in [0.05, 0.1) is 59.0 Å². The molecule has 0 aliphatic carbocycles. The fraction of sp³-hybridized carbons (Fsp3) is 0.523. The molecule has 5 saturated heterocycles. The smallest absolute Gasteiger partial charge is 0.303 e. The number of amides is 2. The summed E-state index contributed by atoms with van der Waals surface area (Å²) in [6.45, 7) is 11.4. The second-order valence-electron chi connectivity index (χ2n) is 29.1. The Hall–Kier alpha value is -9.28. The largest absolute Gasteiger partial charge is 0.463 e. The van der Waals surface area contributed by atoms with Crippen LogP contribution in [0.4, 0.5) is 0 Å². The molecule has 34 nitrogen and oxygen atoms in total. The van der Waals surface area contributed by atoms with E-state index in [-0.39, 0.29) is 39.6 Å². The molecule has 5 aliphatic rings. The molecule has 5 aromatic rings. The Morgan fingerprint density at radius 3 is 1.16 bits per heavy atom. The molecule has 35 heteroatoms. The van der Waals surface area contributed by atoms with Crippen LogP contribution in [0, 0.1) is 0 Å². The third-order valence-corrected chi connectivity index (χ3v) is 19.9. The van der Waals surface area contributed by atoms with Crippen molar-refractivity contribution in [2.24, 2.45) is 0 Å². The van der Waals surface area contributed by atoms with Crippen LogP contribution < -0.4 is 10.6 Å². The number of esters is 7. The van der Waals surface area contributed by atoms with Crippen molar-refractivity contribution in [1.82, 2.24) is 10.6 Å². The third-order valence-electron chi connectivity index (χ3n) is 19.6. The number of ether oxygens (including phenoxy) is 22. The maximum Gasteiger partial charge on any atom is 0.303 e. The summed E-state index contributed by atoms with van der Waals surface area (Å²) in [6, 6.07) is 42.6. The number of aliphatic hydroxyl groups is 1. The highest BCUT2D eigenvalue weighted by atomic mass is 35.5. The summed E-state index contributed by atoms with van der Waals surface area (Å²) in [5, 5.41) is 18.9. The highest BCUT2D eigenvalue weighted by Crippen LogP contribution is 2.41. The number of hydrogen-bond acceptors (Lipinski definition) is 32. The second kappa shape index (κ2) is 46.8. The first-order chi connectivity index (χ1) is 58.2. The molecule has 121 heavy (non-hydrogen) atoms. The van der Waals surface area contributed by atoms with E-state index in [1.54, 1.807) is 37.3 Å². The zero-order valence-electron chi connectivity index (χ0n) is 68.4. The molecule has 0 radical (unpaired) electrons. The first kappa shape index (κ1) is 94.0. The third kappa shape index (κ3) is 27.6. The Morgan fingerprint density at radius 2 is 0.719 bits per heavy atom. The van der Waals surface area contributed by atoms with Gasteiger partial charge in [-0.1, -0.05) is 158 Å². The topological polar surface area (TPSA) is 401 Å². The van der Waals surface area contributed by atoms with Crippen molar-refractivity contribution in [3.8, 4) is 0 Å². The number of carbonyl (C=O) groups excluding carboxylic acids is 9. The second-order valence-corrected chi connectivity index (χ2v) is 29.4. The van der Waals surface area contributed by atoms with E-state index in [9.17, 15) is 48.3 Å². The summed E-state index contributed by atoms with van der Waals surface area (Å²) in [6.07, 6.45) is -37.0. The van der Waals surface area contributed by atoms with Gasteiger partial charge in [-0.3, -0.25) is 43.2 Å². The predicted molar refractivity (Wildman–Crippen MR) is 419 cm³/mol. The van der Waals surface area contributed by atoms with Gasteiger partial charge < -0.3 is 120 Å². The van der Waals surface area contributed by atoms with Crippen molar-refractivity contribution >= 4 is 65.2 Å². The molecule has 0 aromatic heterocycles. The molecular weight excluding hydrogens is 1610 g/mol. The normalized spacial score (nSPS) is 30.2. The van der Waals surface area contributed by atoms with Crippen molar-refractivity contribution in [1.29, 1.82) is 0 Å². The highest BCUT2D eigenvalue weighted by molar-refractivity contribution is 6.27. The summed E-state index contributed by atoms with van der Waals surface area (Å²) in [5.74, 6) is -9.11. The maximum absolute atomic E-state index is 14.3. The lowest BCUT2D eigenvalue weighted by Gasteiger charge is -2.52. The molecule has 0 saturated carbocycles. The average molecular weight is 1710 g/mol. The number of alkyl halides is 1. The van der Waals surface area contributed by atoms with Gasteiger partial charge in [-0.2, -0.15) is 0 Å². The van der Waals surface area contributed by atoms with Crippen LogP contribution in [0.3, 0.4) is 0 Å². The molecule has 3 N–H and O–H groups in total. The van der Waals surface area contributed by atoms with Crippen molar-refractivity contribution in [3.05, 3.63) is 192 Å². The Bertz CT molecular complexity index is 4130. The van der Waals surface area contributed by atoms with E-state index in [2.05, 4.69) is 17.2 Å². The molecule has 658 valence electrons. The van der Waals surface area contributed by atoms with Gasteiger partial charge in [0.15, 0.2) is 62.0 Å². The van der Waals surface area contributed by atoms with Crippen LogP contribution in [0.15, 0.2) is 164 Å². The molecule has 0 unspecified atom stereocenters. The van der Waals surface area contributed by atoms with Crippen LogP contribution >= 0.6 is 11.6 Å². The molecule has 0 spiro atoms. The number of carbonyl (C=O) groups is 9. The van der Waals surface area contributed by atoms with E-state index in [0.29, 0.717) is 5.56 Å². The highest BCUT2D eigenvalue weighted by Gasteiger charge is 2.61. The van der Waals surface area contributed by atoms with Gasteiger partial charge in [0.2, 0.25) is 11.8 Å². The van der Waals surface area contributed by atoms with Gasteiger partial charge in [0.25, 0.3) is 0 Å². The molecular formula is C86H105ClN2O32. The summed E-state index contributed by atoms with van der Waals surface area (Å²) in [5.41, 5.74) is 3.73. The fourth-order valence-electron chi connectivity index (χ4n) is 14.5. The van der Waals surface area contributed by atoms with Crippen LogP contribution in [0.1, 0.15) is 90.1 Å². The molecule has 2 amide bonds. The van der Waals surface area contributed by atoms with E-state index in [4.69, 9.17) is 116 Å². The summed E-state index contributed by atoms with van der Waals surface area (Å²) >= 11 is 6.27. The Balaban J connectivity index is 1.12. The maximum atomic E-state index is 14.3. The van der Waals surface area contributed by atoms with Gasteiger partial charge in [-0.05, 0) is 34.7 Å². The van der Waals surface area contributed by atoms with Gasteiger partial charge >= 0.3 is 41.8 Å². The predicted octanol–water partition coefficient (Wildman–Crippen LogP) is 5.94. The summed E-state index contributed by atoms with van der Waals surface area (Å²) < 4.78 is 143. The number of benzene rings is 5. The van der Waals surface area contributed by atoms with E-state index in [0.717, 1.165) is 70.7 Å². The minimum absolute atomic E-state index is 0.0304. The summed E-state index contributed by atoms with van der Waals surface area (Å²) in [4.78, 5) is 121. The van der Waals surface area contributed by atoms with E-state index < -0.39 is 239 Å². The molecule has 10 rings (SSSR count). The van der Waals surface area contributed by atoms with Crippen molar-refractivity contribution < 1.29 is 152 Å². The lowest BCUT2D eigenvalue weighted by Crippen LogP contribution is -2.71. The standard InChI is InChI=1S/C86H105ClN2O32/c1-11-37-102-82-68(88-49(3)90)75(120-84-79(107-43-61-35-25-16-26-36-61)76(106-42-60-33-23-15-24-34-60)70(48(2)108-84)105-41-59-31-21-14-22-32-59)72(63(114-82)45-101-40-58-29-19-13-20-30-58)119-86-81(113-56(10)97)78(74(110-53(7)94)65(117-86)47-104-51(5)92)121-83-67(89-66(98)38-87)69(99)71(62(115-83)44-100-39-57-27-17-12-18-28-57)118-85-80(112-55(9)96)77(111-54(8)95)73(109-52(6)93)64(116-85)46-103-50(4)91/h11-36,48,62-65,67-86,99H,1,37-47H2,2-10H3,(H,88,90)(H,89,98)/t48-,62+,63+,64+,65+,67+,68+,69+,70+,71+,72+,73-,74-,75+,76+,77-,78-,79-,80+,81+,82+,83-,84-,85-,86-/m0/s1. The van der Waals surface area contributed by atoms with Gasteiger partial charge in [0, 0.05) is 55.4 Å². The quantitative estimate of drug-likeness (QED) is 0.0177. The lowest BCUT2D eigenvalue weighted by molar-refractivity contribution is -0.389. The van der Waals surface area contributed by atoms with Crippen LogP contribution in [0.25, 0.3) is 0 Å². The Labute approximate surface area is 705 Å². The molecule has 25 atom stereocenters. The zero-order valence-corrected chi connectivity index (χ0v) is 69.2. The van der Waals surface area contributed by atoms with Crippen molar-refractivity contribution in [3.63, 3.8) is 0 Å². The minimum Gasteiger partial charge on any atom is -0.463 e. The monoisotopic (exact) mass is 1710 g/mol. The van der Waals surface area contributed by atoms with Crippen molar-refractivity contribution in [2.75, 3.05) is 38.9 Å². The minimum atomic E-state index is -2.17. The van der Waals surface area contributed by atoms with Gasteiger partial charge in [-0.25, -0.2) is 0 Å². The number of hydrogen-bond donors (Lipinski definition) is 3. The molecule has 5 heterocycles. The average Bonchev–Trinajstić information content (AvgIpc) is 0.753. The molecule has 5 aliphatic heterocycles. The molecule has 0 bridgehead atoms. The van der Waals surface area contributed by atoms with Crippen LogP contribution in [0.5, 0.6) is 0 Å². The number of nitrogens with one attached hydrogen (secondary N) is 2. The Morgan fingerprint density at radius 1 is 0.364 bits per heavy atom. The van der Waals surface area contributed by atoms with E-state index >= 15 is 0 Å². The van der Waals surface area contributed by atoms with Crippen molar-refractivity contribution in [2.45, 2.75) is 249 Å². The SMILES string of the molecule is C=CCO[C@@H]1O[C@H](COCc2ccccc2)[C@@H](O[C@@H]2O[C@H](COC(C)=O)[C@H](OC(C)=O)[C@H](O[C@@H]3O[C@H](COCc4ccccc4)[C@@H](O[C@@H]4O[C@H](COC(C)=O)[C@H](OC(C)=O)[C@H](OC(C)=O)[C@H]4OC(C)=O)[C@H](O)[C@H]3NC(=O)CCl)[C@H]2OC(C)=O)[C@H](O[C@@H]2O[C@@H](C)[C@@H](OCc3ccccc3)[C@@H](OCc3ccccc3)[C@@H]2OCc2ccccc2)[C@H]1NC(C)=O. The first-order valence-corrected chi connectivity index (χ1v) is 40.0. The Kier molecular flexibility index (Phi) is 36.4. The molecule has 5 aromatic carbocycles. The van der Waals surface area contributed by atoms with Gasteiger partial charge in [0.1, 0.15) is 104 Å². The number of aliphatic hydroxyl groups excluding tert-OH is 1. The molecule has 5 fully saturated rings. The fourth-order valence-corrected chi connectivity index (χ4v) is 14.6. The number of halogens is 1. The van der Waals surface area contributed by atoms with Crippen LogP contribution in [0.2, 0.25) is 0 Å².